The fraction of sp³-hybridized carbons (Fsp3) is 0.364. The summed E-state index contributed by atoms with van der Waals surface area (Å²) >= 11 is 6.66. The number of benzene rings is 1. The molecule has 0 spiro atoms. The number of rotatable bonds is 5. The minimum atomic E-state index is -0.557. The van der Waals surface area contributed by atoms with Crippen molar-refractivity contribution in [1.29, 1.82) is 0 Å². The van der Waals surface area contributed by atoms with Crippen LogP contribution in [0.3, 0.4) is 0 Å². The van der Waals surface area contributed by atoms with E-state index in [1.54, 1.807) is 13.0 Å². The van der Waals surface area contributed by atoms with Crippen molar-refractivity contribution in [2.24, 2.45) is 0 Å². The van der Waals surface area contributed by atoms with Gasteiger partial charge >= 0.3 is 0 Å². The quantitative estimate of drug-likeness (QED) is 0.838. The van der Waals surface area contributed by atoms with Gasteiger partial charge in [-0.2, -0.15) is 0 Å². The fourth-order valence-corrected chi connectivity index (χ4v) is 2.21. The third-order valence-corrected chi connectivity index (χ3v) is 2.96. The lowest BCUT2D eigenvalue weighted by atomic mass is 10.3. The SMILES string of the molecule is C[C@@H](O)CNC(=O)COc1ccc(Br)cc1Br. The molecule has 0 unspecified atom stereocenters. The van der Waals surface area contributed by atoms with Crippen LogP contribution in [-0.4, -0.2) is 30.3 Å². The van der Waals surface area contributed by atoms with E-state index in [2.05, 4.69) is 37.2 Å². The van der Waals surface area contributed by atoms with Crippen molar-refractivity contribution in [3.05, 3.63) is 27.1 Å². The van der Waals surface area contributed by atoms with Gasteiger partial charge in [-0.3, -0.25) is 4.79 Å². The van der Waals surface area contributed by atoms with Crippen LogP contribution in [0.2, 0.25) is 0 Å². The number of carbonyl (C=O) groups excluding carboxylic acids is 1. The molecule has 0 saturated heterocycles. The summed E-state index contributed by atoms with van der Waals surface area (Å²) in [6, 6.07) is 5.42. The van der Waals surface area contributed by atoms with E-state index in [1.807, 2.05) is 12.1 Å². The lowest BCUT2D eigenvalue weighted by Gasteiger charge is -2.10. The Kier molecular flexibility index (Phi) is 5.94. The Labute approximate surface area is 117 Å². The lowest BCUT2D eigenvalue weighted by Crippen LogP contribution is -2.34. The number of halogens is 2. The van der Waals surface area contributed by atoms with Crippen molar-refractivity contribution in [3.8, 4) is 5.75 Å². The molecule has 0 aliphatic heterocycles. The maximum absolute atomic E-state index is 11.3. The van der Waals surface area contributed by atoms with E-state index in [0.29, 0.717) is 5.75 Å². The van der Waals surface area contributed by atoms with Gasteiger partial charge in [0, 0.05) is 11.0 Å². The van der Waals surface area contributed by atoms with Crippen LogP contribution >= 0.6 is 31.9 Å². The first-order chi connectivity index (χ1) is 7.99. The number of hydrogen-bond acceptors (Lipinski definition) is 3. The largest absolute Gasteiger partial charge is 0.483 e. The van der Waals surface area contributed by atoms with Crippen LogP contribution in [0.4, 0.5) is 0 Å². The van der Waals surface area contributed by atoms with E-state index in [0.717, 1.165) is 8.95 Å². The van der Waals surface area contributed by atoms with E-state index >= 15 is 0 Å². The minimum absolute atomic E-state index is 0.0764. The Morgan fingerprint density at radius 3 is 2.82 bits per heavy atom. The molecule has 0 aromatic heterocycles. The Hall–Kier alpha value is -0.590. The van der Waals surface area contributed by atoms with Crippen molar-refractivity contribution >= 4 is 37.8 Å². The van der Waals surface area contributed by atoms with Gasteiger partial charge in [0.05, 0.1) is 10.6 Å². The first-order valence-electron chi connectivity index (χ1n) is 5.01. The second-order valence-electron chi connectivity index (χ2n) is 3.52. The van der Waals surface area contributed by atoms with Crippen LogP contribution in [0.1, 0.15) is 6.92 Å². The van der Waals surface area contributed by atoms with Gasteiger partial charge < -0.3 is 15.2 Å². The van der Waals surface area contributed by atoms with Gasteiger partial charge in [0.15, 0.2) is 6.61 Å². The predicted molar refractivity (Wildman–Crippen MR) is 72.0 cm³/mol. The van der Waals surface area contributed by atoms with Crippen molar-refractivity contribution in [2.75, 3.05) is 13.2 Å². The van der Waals surface area contributed by atoms with Crippen molar-refractivity contribution < 1.29 is 14.6 Å². The first-order valence-corrected chi connectivity index (χ1v) is 6.60. The number of hydrogen-bond donors (Lipinski definition) is 2. The number of ether oxygens (including phenoxy) is 1. The molecule has 4 nitrogen and oxygen atoms in total. The molecule has 0 aliphatic carbocycles. The van der Waals surface area contributed by atoms with Crippen LogP contribution in [0.15, 0.2) is 27.1 Å². The molecule has 6 heteroatoms. The molecule has 0 fully saturated rings. The number of amides is 1. The Morgan fingerprint density at radius 2 is 2.24 bits per heavy atom. The topological polar surface area (TPSA) is 58.6 Å². The number of aliphatic hydroxyl groups is 1. The van der Waals surface area contributed by atoms with E-state index in [1.165, 1.54) is 0 Å². The molecule has 0 radical (unpaired) electrons. The van der Waals surface area contributed by atoms with Gasteiger partial charge in [0.25, 0.3) is 5.91 Å². The first kappa shape index (κ1) is 14.5. The highest BCUT2D eigenvalue weighted by Crippen LogP contribution is 2.27. The molecule has 0 bridgehead atoms. The Balaban J connectivity index is 2.42. The molecule has 2 N–H and O–H groups in total. The highest BCUT2D eigenvalue weighted by atomic mass is 79.9. The summed E-state index contributed by atoms with van der Waals surface area (Å²) in [6.07, 6.45) is -0.557. The third kappa shape index (κ3) is 5.52. The van der Waals surface area contributed by atoms with Crippen LogP contribution in [-0.2, 0) is 4.79 Å². The molecular weight excluding hydrogens is 354 g/mol. The zero-order chi connectivity index (χ0) is 12.8. The second-order valence-corrected chi connectivity index (χ2v) is 5.29. The molecule has 1 aromatic rings. The fourth-order valence-electron chi connectivity index (χ4n) is 1.05. The number of aliphatic hydroxyl groups excluding tert-OH is 1. The smallest absolute Gasteiger partial charge is 0.258 e. The molecule has 0 saturated carbocycles. The van der Waals surface area contributed by atoms with Gasteiger partial charge in [0.2, 0.25) is 0 Å². The van der Waals surface area contributed by atoms with Crippen LogP contribution in [0.5, 0.6) is 5.75 Å². The van der Waals surface area contributed by atoms with E-state index in [4.69, 9.17) is 9.84 Å². The van der Waals surface area contributed by atoms with E-state index in [9.17, 15) is 4.79 Å². The molecular formula is C11H13Br2NO3. The van der Waals surface area contributed by atoms with Gasteiger partial charge in [-0.1, -0.05) is 15.9 Å². The summed E-state index contributed by atoms with van der Waals surface area (Å²) in [6.45, 7) is 1.75. The monoisotopic (exact) mass is 365 g/mol. The summed E-state index contributed by atoms with van der Waals surface area (Å²) in [7, 11) is 0. The average molecular weight is 367 g/mol. The molecule has 1 aromatic carbocycles. The molecule has 1 atom stereocenters. The highest BCUT2D eigenvalue weighted by molar-refractivity contribution is 9.11. The summed E-state index contributed by atoms with van der Waals surface area (Å²) in [5.41, 5.74) is 0. The van der Waals surface area contributed by atoms with Gasteiger partial charge in [-0.05, 0) is 41.1 Å². The molecule has 0 aliphatic rings. The number of carbonyl (C=O) groups is 1. The van der Waals surface area contributed by atoms with Crippen LogP contribution in [0.25, 0.3) is 0 Å². The van der Waals surface area contributed by atoms with Crippen LogP contribution in [0, 0.1) is 0 Å². The summed E-state index contributed by atoms with van der Waals surface area (Å²) in [5.74, 6) is 0.334. The highest BCUT2D eigenvalue weighted by Gasteiger charge is 2.06. The minimum Gasteiger partial charge on any atom is -0.483 e. The number of nitrogens with one attached hydrogen (secondary N) is 1. The average Bonchev–Trinajstić information content (AvgIpc) is 2.25. The zero-order valence-electron chi connectivity index (χ0n) is 9.24. The van der Waals surface area contributed by atoms with Crippen molar-refractivity contribution in [3.63, 3.8) is 0 Å². The second kappa shape index (κ2) is 6.98. The molecule has 1 amide bonds. The molecule has 1 rings (SSSR count). The van der Waals surface area contributed by atoms with Crippen molar-refractivity contribution in [1.82, 2.24) is 5.32 Å². The van der Waals surface area contributed by atoms with Gasteiger partial charge in [-0.25, -0.2) is 0 Å². The Bertz CT molecular complexity index is 396. The predicted octanol–water partition coefficient (Wildman–Crippen LogP) is 2.09. The molecule has 94 valence electrons. The normalized spacial score (nSPS) is 12.0. The zero-order valence-corrected chi connectivity index (χ0v) is 12.4. The van der Waals surface area contributed by atoms with E-state index in [-0.39, 0.29) is 19.1 Å². The van der Waals surface area contributed by atoms with Crippen molar-refractivity contribution in [2.45, 2.75) is 13.0 Å². The van der Waals surface area contributed by atoms with Gasteiger partial charge in [0.1, 0.15) is 5.75 Å². The van der Waals surface area contributed by atoms with Crippen LogP contribution < -0.4 is 10.1 Å². The Morgan fingerprint density at radius 1 is 1.53 bits per heavy atom. The summed E-state index contributed by atoms with van der Waals surface area (Å²) in [5, 5.41) is 11.5. The van der Waals surface area contributed by atoms with Gasteiger partial charge in [-0.15, -0.1) is 0 Å². The lowest BCUT2D eigenvalue weighted by molar-refractivity contribution is -0.123. The molecule has 0 heterocycles. The molecule has 17 heavy (non-hydrogen) atoms. The summed E-state index contributed by atoms with van der Waals surface area (Å²) in [4.78, 5) is 11.3. The maximum atomic E-state index is 11.3. The van der Waals surface area contributed by atoms with E-state index < -0.39 is 6.10 Å². The maximum Gasteiger partial charge on any atom is 0.258 e. The third-order valence-electron chi connectivity index (χ3n) is 1.85. The standard InChI is InChI=1S/C11H13Br2NO3/c1-7(15)5-14-11(16)6-17-10-3-2-8(12)4-9(10)13/h2-4,7,15H,5-6H2,1H3,(H,14,16)/t7-/m1/s1. The summed E-state index contributed by atoms with van der Waals surface area (Å²) < 4.78 is 7.02.